The molecule has 0 fully saturated rings. The summed E-state index contributed by atoms with van der Waals surface area (Å²) in [6.45, 7) is 6.05. The van der Waals surface area contributed by atoms with Crippen LogP contribution in [0, 0.1) is 0 Å². The molecule has 1 aromatic rings. The average Bonchev–Trinajstić information content (AvgIpc) is 2.16. The predicted molar refractivity (Wildman–Crippen MR) is 70.9 cm³/mol. The fourth-order valence-corrected chi connectivity index (χ4v) is 1.59. The van der Waals surface area contributed by atoms with Gasteiger partial charge in [0.2, 0.25) is 0 Å². The molecule has 0 saturated heterocycles. The smallest absolute Gasteiger partial charge is 0.134 e. The molecule has 0 unspecified atom stereocenters. The molecule has 0 spiro atoms. The summed E-state index contributed by atoms with van der Waals surface area (Å²) in [5.74, 6) is 2.08. The molecule has 16 heavy (non-hydrogen) atoms. The Labute approximate surface area is 106 Å². The van der Waals surface area contributed by atoms with Gasteiger partial charge in [-0.15, -0.1) is 0 Å². The van der Waals surface area contributed by atoms with Gasteiger partial charge in [-0.05, 0) is 30.0 Å². The van der Waals surface area contributed by atoms with Crippen molar-refractivity contribution in [3.63, 3.8) is 0 Å². The number of halogens is 1. The predicted octanol–water partition coefficient (Wildman–Crippen LogP) is 2.34. The first-order valence-electron chi connectivity index (χ1n) is 5.42. The Morgan fingerprint density at radius 1 is 1.38 bits per heavy atom. The second-order valence-corrected chi connectivity index (χ2v) is 5.13. The second kappa shape index (κ2) is 6.15. The van der Waals surface area contributed by atoms with Gasteiger partial charge in [0, 0.05) is 25.1 Å². The van der Waals surface area contributed by atoms with Crippen LogP contribution in [0.2, 0.25) is 0 Å². The molecule has 0 aromatic carbocycles. The first-order valence-corrected chi connectivity index (χ1v) is 6.21. The topological polar surface area (TPSA) is 41.1 Å². The number of rotatable bonds is 5. The van der Waals surface area contributed by atoms with Crippen molar-refractivity contribution in [2.24, 2.45) is 0 Å². The minimum atomic E-state index is 0.340. The molecule has 0 aliphatic heterocycles. The van der Waals surface area contributed by atoms with Gasteiger partial charge in [0.1, 0.15) is 16.2 Å². The van der Waals surface area contributed by atoms with Gasteiger partial charge in [-0.25, -0.2) is 9.97 Å². The Hall–Kier alpha value is -0.680. The number of nitrogens with one attached hydrogen (secondary N) is 1. The fraction of sp³-hybridized carbons (Fsp3) is 0.636. The van der Waals surface area contributed by atoms with Crippen molar-refractivity contribution in [3.8, 4) is 0 Å². The van der Waals surface area contributed by atoms with Crippen LogP contribution in [0.1, 0.15) is 25.6 Å². The van der Waals surface area contributed by atoms with E-state index in [0.717, 1.165) is 29.3 Å². The van der Waals surface area contributed by atoms with Crippen molar-refractivity contribution in [2.75, 3.05) is 32.5 Å². The van der Waals surface area contributed by atoms with Crippen LogP contribution >= 0.6 is 15.9 Å². The zero-order valence-electron chi connectivity index (χ0n) is 10.3. The molecule has 0 amide bonds. The largest absolute Gasteiger partial charge is 0.369 e. The molecule has 0 aliphatic carbocycles. The number of nitrogens with zero attached hydrogens (tertiary/aromatic N) is 3. The fourth-order valence-electron chi connectivity index (χ4n) is 1.19. The summed E-state index contributed by atoms with van der Waals surface area (Å²) in [5, 5.41) is 3.29. The summed E-state index contributed by atoms with van der Waals surface area (Å²) in [5.41, 5.74) is 0. The highest BCUT2D eigenvalue weighted by molar-refractivity contribution is 9.10. The third kappa shape index (κ3) is 4.45. The lowest BCUT2D eigenvalue weighted by atomic mass is 10.2. The highest BCUT2D eigenvalue weighted by atomic mass is 79.9. The molecule has 0 saturated carbocycles. The molecular formula is C11H19BrN4. The zero-order valence-corrected chi connectivity index (χ0v) is 11.9. The normalized spacial score (nSPS) is 11.2. The van der Waals surface area contributed by atoms with Gasteiger partial charge in [0.25, 0.3) is 0 Å². The second-order valence-electron chi connectivity index (χ2n) is 4.32. The standard InChI is InChI=1S/C11H19BrN4/c1-8(2)11-14-9(12)7-10(15-11)13-5-6-16(3)4/h7-8H,5-6H2,1-4H3,(H,13,14,15). The lowest BCUT2D eigenvalue weighted by Crippen LogP contribution is -2.21. The Bertz CT molecular complexity index is 339. The first-order chi connectivity index (χ1) is 7.49. The van der Waals surface area contributed by atoms with Crippen molar-refractivity contribution in [1.29, 1.82) is 0 Å². The third-order valence-corrected chi connectivity index (χ3v) is 2.50. The average molecular weight is 287 g/mol. The Kier molecular flexibility index (Phi) is 5.15. The molecule has 0 atom stereocenters. The molecular weight excluding hydrogens is 268 g/mol. The number of hydrogen-bond acceptors (Lipinski definition) is 4. The minimum absolute atomic E-state index is 0.340. The van der Waals surface area contributed by atoms with Crippen LogP contribution in [0.15, 0.2) is 10.7 Å². The van der Waals surface area contributed by atoms with Crippen LogP contribution in [0.25, 0.3) is 0 Å². The van der Waals surface area contributed by atoms with Crippen LogP contribution in [0.3, 0.4) is 0 Å². The molecule has 1 N–H and O–H groups in total. The number of hydrogen-bond donors (Lipinski definition) is 1. The van der Waals surface area contributed by atoms with Crippen LogP contribution in [-0.4, -0.2) is 42.1 Å². The van der Waals surface area contributed by atoms with Gasteiger partial charge >= 0.3 is 0 Å². The van der Waals surface area contributed by atoms with E-state index in [0.29, 0.717) is 5.92 Å². The van der Waals surface area contributed by atoms with Crippen LogP contribution in [0.4, 0.5) is 5.82 Å². The molecule has 0 bridgehead atoms. The summed E-state index contributed by atoms with van der Waals surface area (Å²) >= 11 is 3.40. The van der Waals surface area contributed by atoms with Gasteiger partial charge in [-0.2, -0.15) is 0 Å². The number of aromatic nitrogens is 2. The Morgan fingerprint density at radius 2 is 2.06 bits per heavy atom. The van der Waals surface area contributed by atoms with E-state index in [1.165, 1.54) is 0 Å². The van der Waals surface area contributed by atoms with Crippen LogP contribution in [0.5, 0.6) is 0 Å². The molecule has 4 nitrogen and oxygen atoms in total. The zero-order chi connectivity index (χ0) is 12.1. The molecule has 1 rings (SSSR count). The number of anilines is 1. The number of likely N-dealkylation sites (N-methyl/N-ethyl adjacent to an activating group) is 1. The van der Waals surface area contributed by atoms with Crippen molar-refractivity contribution in [3.05, 3.63) is 16.5 Å². The Morgan fingerprint density at radius 3 is 2.62 bits per heavy atom. The van der Waals surface area contributed by atoms with Crippen LogP contribution < -0.4 is 5.32 Å². The van der Waals surface area contributed by atoms with E-state index in [1.807, 2.05) is 6.07 Å². The Balaban J connectivity index is 2.65. The van der Waals surface area contributed by atoms with E-state index in [4.69, 9.17) is 0 Å². The van der Waals surface area contributed by atoms with Crippen molar-refractivity contribution in [1.82, 2.24) is 14.9 Å². The van der Waals surface area contributed by atoms with Crippen LogP contribution in [-0.2, 0) is 0 Å². The maximum atomic E-state index is 4.46. The quantitative estimate of drug-likeness (QED) is 0.844. The van der Waals surface area contributed by atoms with E-state index < -0.39 is 0 Å². The SMILES string of the molecule is CC(C)c1nc(Br)cc(NCCN(C)C)n1. The van der Waals surface area contributed by atoms with E-state index >= 15 is 0 Å². The monoisotopic (exact) mass is 286 g/mol. The molecule has 0 radical (unpaired) electrons. The molecule has 90 valence electrons. The summed E-state index contributed by atoms with van der Waals surface area (Å²) in [7, 11) is 4.11. The van der Waals surface area contributed by atoms with Crippen molar-refractivity contribution >= 4 is 21.7 Å². The highest BCUT2D eigenvalue weighted by Crippen LogP contribution is 2.17. The maximum Gasteiger partial charge on any atom is 0.134 e. The van der Waals surface area contributed by atoms with Gasteiger partial charge in [-0.3, -0.25) is 0 Å². The van der Waals surface area contributed by atoms with Gasteiger partial charge < -0.3 is 10.2 Å². The maximum absolute atomic E-state index is 4.46. The summed E-state index contributed by atoms with van der Waals surface area (Å²) in [6.07, 6.45) is 0. The van der Waals surface area contributed by atoms with E-state index in [1.54, 1.807) is 0 Å². The molecule has 0 aliphatic rings. The molecule has 5 heteroatoms. The lowest BCUT2D eigenvalue weighted by Gasteiger charge is -2.12. The third-order valence-electron chi connectivity index (χ3n) is 2.09. The van der Waals surface area contributed by atoms with Gasteiger partial charge in [0.05, 0.1) is 0 Å². The minimum Gasteiger partial charge on any atom is -0.369 e. The van der Waals surface area contributed by atoms with E-state index in [9.17, 15) is 0 Å². The molecule has 1 heterocycles. The van der Waals surface area contributed by atoms with Gasteiger partial charge in [0.15, 0.2) is 0 Å². The summed E-state index contributed by atoms with van der Waals surface area (Å²) < 4.78 is 0.832. The highest BCUT2D eigenvalue weighted by Gasteiger charge is 2.06. The lowest BCUT2D eigenvalue weighted by molar-refractivity contribution is 0.425. The van der Waals surface area contributed by atoms with E-state index in [-0.39, 0.29) is 0 Å². The first kappa shape index (κ1) is 13.4. The molecule has 1 aromatic heterocycles. The summed E-state index contributed by atoms with van der Waals surface area (Å²) in [6, 6.07) is 1.90. The summed E-state index contributed by atoms with van der Waals surface area (Å²) in [4.78, 5) is 10.9. The van der Waals surface area contributed by atoms with Gasteiger partial charge in [-0.1, -0.05) is 13.8 Å². The van der Waals surface area contributed by atoms with E-state index in [2.05, 4.69) is 64.1 Å². The van der Waals surface area contributed by atoms with Crippen molar-refractivity contribution < 1.29 is 0 Å². The van der Waals surface area contributed by atoms with Crippen molar-refractivity contribution in [2.45, 2.75) is 19.8 Å².